The summed E-state index contributed by atoms with van der Waals surface area (Å²) in [7, 11) is -3.29. The number of nitrogens with zero attached hydrogens (tertiary/aromatic N) is 1. The van der Waals surface area contributed by atoms with Gasteiger partial charge in [0.1, 0.15) is 0 Å². The normalized spacial score (nSPS) is 25.5. The first kappa shape index (κ1) is 20.4. The van der Waals surface area contributed by atoms with Crippen molar-refractivity contribution in [2.45, 2.75) is 49.3 Å². The van der Waals surface area contributed by atoms with Crippen molar-refractivity contribution >= 4 is 39.8 Å². The van der Waals surface area contributed by atoms with Gasteiger partial charge in [-0.25, -0.2) is 8.42 Å². The van der Waals surface area contributed by atoms with E-state index < -0.39 is 9.84 Å². The molecule has 1 aromatic rings. The maximum atomic E-state index is 12.3. The van der Waals surface area contributed by atoms with E-state index in [4.69, 9.17) is 4.74 Å². The molecular formula is C17H26IN3O3S. The molecule has 2 heterocycles. The first-order valence-electron chi connectivity index (χ1n) is 8.56. The summed E-state index contributed by atoms with van der Waals surface area (Å²) in [6.07, 6.45) is 3.86. The van der Waals surface area contributed by atoms with Gasteiger partial charge in [0.15, 0.2) is 15.8 Å². The topological polar surface area (TPSA) is 79.8 Å². The summed E-state index contributed by atoms with van der Waals surface area (Å²) in [6.45, 7) is 2.96. The van der Waals surface area contributed by atoms with E-state index in [1.807, 2.05) is 13.0 Å². The fourth-order valence-corrected chi connectivity index (χ4v) is 4.45. The molecule has 2 aliphatic heterocycles. The summed E-state index contributed by atoms with van der Waals surface area (Å²) in [5, 5.41) is 6.58. The molecule has 6 nitrogen and oxygen atoms in total. The van der Waals surface area contributed by atoms with Crippen molar-refractivity contribution in [1.82, 2.24) is 10.6 Å². The Hall–Kier alpha value is -0.870. The van der Waals surface area contributed by atoms with Gasteiger partial charge in [0, 0.05) is 6.54 Å². The number of rotatable bonds is 6. The minimum absolute atomic E-state index is 0. The van der Waals surface area contributed by atoms with Crippen molar-refractivity contribution in [3.8, 4) is 0 Å². The summed E-state index contributed by atoms with van der Waals surface area (Å²) in [5.41, 5.74) is 0. The monoisotopic (exact) mass is 479 g/mol. The molecule has 3 atom stereocenters. The van der Waals surface area contributed by atoms with Crippen molar-refractivity contribution in [1.29, 1.82) is 0 Å². The quantitative estimate of drug-likeness (QED) is 0.371. The SMILES string of the molecule is CCNC(=NCCS(=O)(=O)c1ccccc1)NC1CC2CCC1O2.I. The number of halogens is 1. The molecule has 0 aliphatic carbocycles. The summed E-state index contributed by atoms with van der Waals surface area (Å²) in [6, 6.07) is 8.78. The summed E-state index contributed by atoms with van der Waals surface area (Å²) in [4.78, 5) is 4.78. The number of aliphatic imine (C=N–C) groups is 1. The van der Waals surface area contributed by atoms with Gasteiger partial charge in [0.25, 0.3) is 0 Å². The Kier molecular flexibility index (Phi) is 7.51. The molecule has 3 unspecified atom stereocenters. The Labute approximate surface area is 166 Å². The Balaban J connectivity index is 0.00000225. The van der Waals surface area contributed by atoms with Gasteiger partial charge in [0.05, 0.1) is 35.4 Å². The molecule has 0 aromatic heterocycles. The van der Waals surface area contributed by atoms with Crippen LogP contribution in [0, 0.1) is 0 Å². The van der Waals surface area contributed by atoms with E-state index in [0.29, 0.717) is 17.0 Å². The van der Waals surface area contributed by atoms with E-state index in [1.165, 1.54) is 0 Å². The van der Waals surface area contributed by atoms with Gasteiger partial charge in [-0.2, -0.15) is 0 Å². The Morgan fingerprint density at radius 3 is 2.64 bits per heavy atom. The second-order valence-electron chi connectivity index (χ2n) is 6.25. The molecule has 8 heteroatoms. The van der Waals surface area contributed by atoms with E-state index in [2.05, 4.69) is 15.6 Å². The summed E-state index contributed by atoms with van der Waals surface area (Å²) < 4.78 is 30.4. The average molecular weight is 479 g/mol. The van der Waals surface area contributed by atoms with Gasteiger partial charge < -0.3 is 15.4 Å². The number of hydrogen-bond donors (Lipinski definition) is 2. The van der Waals surface area contributed by atoms with Crippen molar-refractivity contribution < 1.29 is 13.2 Å². The number of benzene rings is 1. The zero-order chi connectivity index (χ0) is 17.0. The third kappa shape index (κ3) is 5.30. The van der Waals surface area contributed by atoms with Crippen LogP contribution in [0.25, 0.3) is 0 Å². The maximum Gasteiger partial charge on any atom is 0.191 e. The third-order valence-corrected chi connectivity index (χ3v) is 6.22. The van der Waals surface area contributed by atoms with Crippen molar-refractivity contribution in [2.24, 2.45) is 4.99 Å². The highest BCUT2D eigenvalue weighted by Crippen LogP contribution is 2.34. The maximum absolute atomic E-state index is 12.3. The lowest BCUT2D eigenvalue weighted by Crippen LogP contribution is -2.47. The average Bonchev–Trinajstić information content (AvgIpc) is 3.18. The molecule has 3 rings (SSSR count). The molecule has 2 bridgehead atoms. The van der Waals surface area contributed by atoms with Gasteiger partial charge >= 0.3 is 0 Å². The first-order valence-corrected chi connectivity index (χ1v) is 10.2. The zero-order valence-electron chi connectivity index (χ0n) is 14.3. The fourth-order valence-electron chi connectivity index (χ4n) is 3.31. The Morgan fingerprint density at radius 1 is 1.28 bits per heavy atom. The molecule has 25 heavy (non-hydrogen) atoms. The molecule has 2 fully saturated rings. The van der Waals surface area contributed by atoms with Crippen LogP contribution in [0.15, 0.2) is 40.2 Å². The summed E-state index contributed by atoms with van der Waals surface area (Å²) >= 11 is 0. The molecule has 0 amide bonds. The second-order valence-corrected chi connectivity index (χ2v) is 8.36. The van der Waals surface area contributed by atoms with Crippen LogP contribution in [0.4, 0.5) is 0 Å². The lowest BCUT2D eigenvalue weighted by molar-refractivity contribution is 0.0992. The van der Waals surface area contributed by atoms with Gasteiger partial charge in [-0.1, -0.05) is 18.2 Å². The van der Waals surface area contributed by atoms with Crippen LogP contribution in [-0.2, 0) is 14.6 Å². The predicted molar refractivity (Wildman–Crippen MR) is 109 cm³/mol. The smallest absolute Gasteiger partial charge is 0.191 e. The summed E-state index contributed by atoms with van der Waals surface area (Å²) in [5.74, 6) is 0.669. The van der Waals surface area contributed by atoms with E-state index >= 15 is 0 Å². The third-order valence-electron chi connectivity index (χ3n) is 4.50. The molecule has 2 aliphatic rings. The number of hydrogen-bond acceptors (Lipinski definition) is 4. The highest BCUT2D eigenvalue weighted by atomic mass is 127. The van der Waals surface area contributed by atoms with Crippen LogP contribution in [0.1, 0.15) is 26.2 Å². The van der Waals surface area contributed by atoms with Crippen LogP contribution in [-0.4, -0.2) is 51.5 Å². The lowest BCUT2D eigenvalue weighted by atomic mass is 9.96. The molecule has 0 spiro atoms. The largest absolute Gasteiger partial charge is 0.373 e. The van der Waals surface area contributed by atoms with E-state index in [1.54, 1.807) is 24.3 Å². The van der Waals surface area contributed by atoms with Gasteiger partial charge in [0.2, 0.25) is 0 Å². The second kappa shape index (κ2) is 9.18. The van der Waals surface area contributed by atoms with Gasteiger partial charge in [-0.05, 0) is 38.3 Å². The van der Waals surface area contributed by atoms with E-state index in [9.17, 15) is 8.42 Å². The predicted octanol–water partition coefficient (Wildman–Crippen LogP) is 1.95. The minimum Gasteiger partial charge on any atom is -0.373 e. The zero-order valence-corrected chi connectivity index (χ0v) is 17.5. The highest BCUT2D eigenvalue weighted by Gasteiger charge is 2.41. The van der Waals surface area contributed by atoms with Crippen molar-refractivity contribution in [2.75, 3.05) is 18.8 Å². The molecular weight excluding hydrogens is 453 g/mol. The van der Waals surface area contributed by atoms with Crippen LogP contribution in [0.5, 0.6) is 0 Å². The number of ether oxygens (including phenoxy) is 1. The molecule has 140 valence electrons. The van der Waals surface area contributed by atoms with Gasteiger partial charge in [-0.3, -0.25) is 4.99 Å². The minimum atomic E-state index is -3.29. The van der Waals surface area contributed by atoms with Crippen LogP contribution >= 0.6 is 24.0 Å². The Bertz CT molecular complexity index is 682. The molecule has 0 radical (unpaired) electrons. The van der Waals surface area contributed by atoms with E-state index in [-0.39, 0.29) is 48.4 Å². The van der Waals surface area contributed by atoms with E-state index in [0.717, 1.165) is 25.8 Å². The number of guanidine groups is 1. The highest BCUT2D eigenvalue weighted by molar-refractivity contribution is 14.0. The van der Waals surface area contributed by atoms with Gasteiger partial charge in [-0.15, -0.1) is 24.0 Å². The first-order chi connectivity index (χ1) is 11.6. The number of nitrogens with one attached hydrogen (secondary N) is 2. The molecule has 2 saturated heterocycles. The Morgan fingerprint density at radius 2 is 2.04 bits per heavy atom. The molecule has 2 N–H and O–H groups in total. The van der Waals surface area contributed by atoms with Crippen LogP contribution in [0.2, 0.25) is 0 Å². The number of sulfone groups is 1. The fraction of sp³-hybridized carbons (Fsp3) is 0.588. The van der Waals surface area contributed by atoms with Crippen molar-refractivity contribution in [3.63, 3.8) is 0 Å². The number of fused-ring (bicyclic) bond motifs is 2. The van der Waals surface area contributed by atoms with Crippen LogP contribution < -0.4 is 10.6 Å². The van der Waals surface area contributed by atoms with Crippen molar-refractivity contribution in [3.05, 3.63) is 30.3 Å². The van der Waals surface area contributed by atoms with Crippen LogP contribution in [0.3, 0.4) is 0 Å². The molecule has 1 aromatic carbocycles. The molecule has 0 saturated carbocycles. The lowest BCUT2D eigenvalue weighted by Gasteiger charge is -2.22. The standard InChI is InChI=1S/C17H25N3O3S.HI/c1-2-18-17(20-15-12-13-8-9-16(15)23-13)19-10-11-24(21,22)14-6-4-3-5-7-14;/h3-7,13,15-16H,2,8-12H2,1H3,(H2,18,19,20);1H.